The van der Waals surface area contributed by atoms with E-state index in [9.17, 15) is 13.6 Å². The molecule has 0 atom stereocenters. The maximum Gasteiger partial charge on any atom is 0.303 e. The summed E-state index contributed by atoms with van der Waals surface area (Å²) in [6.07, 6.45) is 4.24. The monoisotopic (exact) mass is 426 g/mol. The minimum absolute atomic E-state index is 0.0226. The molecule has 1 fully saturated rings. The third-order valence-electron chi connectivity index (χ3n) is 5.15. The Morgan fingerprint density at radius 3 is 2.45 bits per heavy atom. The smallest absolute Gasteiger partial charge is 0.303 e. The SMILES string of the molecule is O=C(O)CC1CCN(c2c(F)cc(-c3nccc(Oc4ccccn4)n3)cc2F)CC1. The second kappa shape index (κ2) is 9.03. The van der Waals surface area contributed by atoms with Crippen molar-refractivity contribution in [3.63, 3.8) is 0 Å². The molecule has 0 radical (unpaired) electrons. The molecule has 160 valence electrons. The summed E-state index contributed by atoms with van der Waals surface area (Å²) in [5, 5.41) is 8.92. The number of benzene rings is 1. The molecule has 2 aromatic heterocycles. The number of nitrogens with zero attached hydrogens (tertiary/aromatic N) is 4. The molecule has 0 aliphatic carbocycles. The molecule has 1 aromatic carbocycles. The molecule has 1 aliphatic rings. The van der Waals surface area contributed by atoms with Crippen molar-refractivity contribution in [2.24, 2.45) is 5.92 Å². The average Bonchev–Trinajstić information content (AvgIpc) is 2.75. The number of carbonyl (C=O) groups is 1. The molecule has 0 amide bonds. The Bertz CT molecular complexity index is 1050. The third-order valence-corrected chi connectivity index (χ3v) is 5.15. The van der Waals surface area contributed by atoms with Crippen LogP contribution in [0.1, 0.15) is 19.3 Å². The predicted molar refractivity (Wildman–Crippen MR) is 109 cm³/mol. The van der Waals surface area contributed by atoms with Gasteiger partial charge in [0.1, 0.15) is 17.3 Å². The molecule has 3 aromatic rings. The van der Waals surface area contributed by atoms with Crippen molar-refractivity contribution in [3.05, 3.63) is 60.4 Å². The fourth-order valence-corrected chi connectivity index (χ4v) is 3.66. The van der Waals surface area contributed by atoms with Crippen molar-refractivity contribution in [1.82, 2.24) is 15.0 Å². The molecule has 0 unspecified atom stereocenters. The lowest BCUT2D eigenvalue weighted by atomic mass is 9.93. The number of aromatic nitrogens is 3. The van der Waals surface area contributed by atoms with Crippen molar-refractivity contribution in [1.29, 1.82) is 0 Å². The lowest BCUT2D eigenvalue weighted by Gasteiger charge is -2.33. The summed E-state index contributed by atoms with van der Waals surface area (Å²) in [5.74, 6) is -1.60. The maximum atomic E-state index is 14.9. The van der Waals surface area contributed by atoms with E-state index in [1.807, 2.05) is 0 Å². The highest BCUT2D eigenvalue weighted by Gasteiger charge is 2.26. The predicted octanol–water partition coefficient (Wildman–Crippen LogP) is 4.30. The number of anilines is 1. The second-order valence-corrected chi connectivity index (χ2v) is 7.31. The molecule has 1 saturated heterocycles. The van der Waals surface area contributed by atoms with E-state index in [-0.39, 0.29) is 35.3 Å². The average molecular weight is 426 g/mol. The van der Waals surface area contributed by atoms with Crippen molar-refractivity contribution >= 4 is 11.7 Å². The van der Waals surface area contributed by atoms with E-state index in [4.69, 9.17) is 9.84 Å². The van der Waals surface area contributed by atoms with Crippen LogP contribution in [0.3, 0.4) is 0 Å². The van der Waals surface area contributed by atoms with Gasteiger partial charge in [-0.3, -0.25) is 4.79 Å². The van der Waals surface area contributed by atoms with Crippen LogP contribution in [0.4, 0.5) is 14.5 Å². The molecule has 7 nitrogen and oxygen atoms in total. The molecule has 31 heavy (non-hydrogen) atoms. The Hall–Kier alpha value is -3.62. The van der Waals surface area contributed by atoms with Gasteiger partial charge in [0, 0.05) is 49.6 Å². The highest BCUT2D eigenvalue weighted by Crippen LogP contribution is 2.32. The lowest BCUT2D eigenvalue weighted by molar-refractivity contribution is -0.138. The van der Waals surface area contributed by atoms with Crippen molar-refractivity contribution in [2.45, 2.75) is 19.3 Å². The Morgan fingerprint density at radius 2 is 1.81 bits per heavy atom. The van der Waals surface area contributed by atoms with Crippen molar-refractivity contribution in [3.8, 4) is 23.1 Å². The fraction of sp³-hybridized carbons (Fsp3) is 0.273. The van der Waals surface area contributed by atoms with E-state index in [2.05, 4.69) is 15.0 Å². The van der Waals surface area contributed by atoms with E-state index in [1.165, 1.54) is 24.4 Å². The molecular formula is C22H20F2N4O3. The second-order valence-electron chi connectivity index (χ2n) is 7.31. The molecule has 0 spiro atoms. The number of pyridine rings is 1. The van der Waals surface area contributed by atoms with Gasteiger partial charge in [-0.15, -0.1) is 0 Å². The first-order valence-electron chi connectivity index (χ1n) is 9.87. The van der Waals surface area contributed by atoms with Crippen molar-refractivity contribution in [2.75, 3.05) is 18.0 Å². The number of carboxylic acids is 1. The topological polar surface area (TPSA) is 88.4 Å². The molecule has 0 saturated carbocycles. The summed E-state index contributed by atoms with van der Waals surface area (Å²) in [7, 11) is 0. The number of rotatable bonds is 6. The van der Waals surface area contributed by atoms with Gasteiger partial charge in [-0.25, -0.2) is 18.7 Å². The zero-order valence-electron chi connectivity index (χ0n) is 16.5. The summed E-state index contributed by atoms with van der Waals surface area (Å²) in [5.41, 5.74) is 0.0735. The van der Waals surface area contributed by atoms with Crippen molar-refractivity contribution < 1.29 is 23.4 Å². The first-order valence-corrected chi connectivity index (χ1v) is 9.87. The van der Waals surface area contributed by atoms with Crippen LogP contribution in [0.2, 0.25) is 0 Å². The molecule has 9 heteroatoms. The Morgan fingerprint density at radius 1 is 1.06 bits per heavy atom. The van der Waals surface area contributed by atoms with Crippen LogP contribution in [0.5, 0.6) is 11.8 Å². The number of halogens is 2. The maximum absolute atomic E-state index is 14.9. The Kier molecular flexibility index (Phi) is 6.01. The number of piperidine rings is 1. The molecular weight excluding hydrogens is 406 g/mol. The number of carboxylic acid groups (broad SMARTS) is 1. The summed E-state index contributed by atoms with van der Waals surface area (Å²) >= 11 is 0. The van der Waals surface area contributed by atoms with Gasteiger partial charge in [0.2, 0.25) is 11.8 Å². The number of hydrogen-bond donors (Lipinski definition) is 1. The van der Waals surface area contributed by atoms with Crippen LogP contribution in [0, 0.1) is 17.6 Å². The lowest BCUT2D eigenvalue weighted by Crippen LogP contribution is -2.35. The Labute approximate surface area is 177 Å². The Balaban J connectivity index is 1.53. The first kappa shape index (κ1) is 20.6. The van der Waals surface area contributed by atoms with Crippen LogP contribution >= 0.6 is 0 Å². The molecule has 0 bridgehead atoms. The van der Waals surface area contributed by atoms with E-state index in [1.54, 1.807) is 29.3 Å². The summed E-state index contributed by atoms with van der Waals surface area (Å²) < 4.78 is 35.3. The van der Waals surface area contributed by atoms with E-state index in [0.29, 0.717) is 31.8 Å². The fourth-order valence-electron chi connectivity index (χ4n) is 3.66. The standard InChI is InChI=1S/C22H20F2N4O3/c23-16-12-15(22-26-8-4-19(27-22)31-18-3-1-2-7-25-18)13-17(24)21(16)28-9-5-14(6-10-28)11-20(29)30/h1-4,7-8,12-14H,5-6,9-11H2,(H,29,30). The van der Waals surface area contributed by atoms with Gasteiger partial charge in [0.25, 0.3) is 0 Å². The quantitative estimate of drug-likeness (QED) is 0.629. The van der Waals surface area contributed by atoms with Gasteiger partial charge < -0.3 is 14.7 Å². The molecule has 1 N–H and O–H groups in total. The van der Waals surface area contributed by atoms with Crippen LogP contribution in [0.15, 0.2) is 48.8 Å². The third kappa shape index (κ3) is 4.93. The van der Waals surface area contributed by atoms with Crippen LogP contribution in [-0.2, 0) is 4.79 Å². The van der Waals surface area contributed by atoms with E-state index < -0.39 is 17.6 Å². The molecule has 4 rings (SSSR count). The number of hydrogen-bond acceptors (Lipinski definition) is 6. The van der Waals surface area contributed by atoms with E-state index >= 15 is 0 Å². The normalized spacial score (nSPS) is 14.5. The largest absolute Gasteiger partial charge is 0.481 e. The van der Waals surface area contributed by atoms with E-state index in [0.717, 1.165) is 0 Å². The van der Waals surface area contributed by atoms with Gasteiger partial charge in [0.15, 0.2) is 5.82 Å². The van der Waals surface area contributed by atoms with Gasteiger partial charge in [-0.05, 0) is 37.0 Å². The minimum Gasteiger partial charge on any atom is -0.481 e. The van der Waals surface area contributed by atoms with Crippen LogP contribution < -0.4 is 9.64 Å². The summed E-state index contributed by atoms with van der Waals surface area (Å²) in [6, 6.07) is 9.09. The zero-order valence-corrected chi connectivity index (χ0v) is 16.5. The molecule has 1 aliphatic heterocycles. The number of aliphatic carboxylic acids is 1. The zero-order chi connectivity index (χ0) is 21.8. The first-order chi connectivity index (χ1) is 15.0. The van der Waals surface area contributed by atoms with Gasteiger partial charge in [-0.2, -0.15) is 4.98 Å². The summed E-state index contributed by atoms with van der Waals surface area (Å²) in [6.45, 7) is 0.796. The van der Waals surface area contributed by atoms with Gasteiger partial charge in [-0.1, -0.05) is 6.07 Å². The molecule has 3 heterocycles. The number of ether oxygens (including phenoxy) is 1. The highest BCUT2D eigenvalue weighted by atomic mass is 19.1. The van der Waals surface area contributed by atoms with Gasteiger partial charge >= 0.3 is 5.97 Å². The highest BCUT2D eigenvalue weighted by molar-refractivity contribution is 5.67. The minimum atomic E-state index is -0.852. The van der Waals surface area contributed by atoms with Gasteiger partial charge in [0.05, 0.1) is 0 Å². The van der Waals surface area contributed by atoms with Crippen LogP contribution in [0.25, 0.3) is 11.4 Å². The van der Waals surface area contributed by atoms with Crippen LogP contribution in [-0.4, -0.2) is 39.1 Å². The summed E-state index contributed by atoms with van der Waals surface area (Å²) in [4.78, 5) is 24.9.